The maximum atomic E-state index is 13.9. The smallest absolute Gasteiger partial charge is 0.295 e. The first-order chi connectivity index (χ1) is 14.5. The van der Waals surface area contributed by atoms with Gasteiger partial charge in [-0.3, -0.25) is 14.6 Å². The zero-order valence-corrected chi connectivity index (χ0v) is 16.7. The van der Waals surface area contributed by atoms with E-state index < -0.39 is 29.3 Å². The molecule has 0 aliphatic carbocycles. The highest BCUT2D eigenvalue weighted by Crippen LogP contribution is 2.43. The predicted molar refractivity (Wildman–Crippen MR) is 109 cm³/mol. The molecule has 1 N–H and O–H groups in total. The van der Waals surface area contributed by atoms with Crippen LogP contribution in [0.15, 0.2) is 65.8 Å². The number of halogens is 1. The van der Waals surface area contributed by atoms with Crippen molar-refractivity contribution in [2.75, 3.05) is 7.11 Å². The molecule has 30 heavy (non-hydrogen) atoms. The van der Waals surface area contributed by atoms with Crippen molar-refractivity contribution in [3.05, 3.63) is 87.6 Å². The summed E-state index contributed by atoms with van der Waals surface area (Å²) in [5.74, 6) is -2.46. The molecule has 2 aromatic heterocycles. The van der Waals surface area contributed by atoms with Crippen molar-refractivity contribution in [2.45, 2.75) is 12.6 Å². The molecular weight excluding hydrogens is 407 g/mol. The minimum absolute atomic E-state index is 0.0124. The van der Waals surface area contributed by atoms with Gasteiger partial charge in [-0.05, 0) is 41.3 Å². The third kappa shape index (κ3) is 3.46. The van der Waals surface area contributed by atoms with Gasteiger partial charge in [-0.25, -0.2) is 4.39 Å². The van der Waals surface area contributed by atoms with E-state index in [9.17, 15) is 19.1 Å². The Bertz CT molecular complexity index is 1130. The van der Waals surface area contributed by atoms with E-state index in [1.165, 1.54) is 35.5 Å². The van der Waals surface area contributed by atoms with Gasteiger partial charge in [-0.15, -0.1) is 11.3 Å². The highest BCUT2D eigenvalue weighted by atomic mass is 32.1. The molecular formula is C22H17FN2O4S. The number of likely N-dealkylation sites (tertiary alicyclic amines) is 1. The molecule has 0 saturated carbocycles. The number of hydrogen-bond acceptors (Lipinski definition) is 6. The fourth-order valence-corrected chi connectivity index (χ4v) is 4.33. The number of Topliss-reactive ketones (excluding diaryl/α,β-unsaturated/α-hetero) is 1. The molecule has 3 aromatic rings. The van der Waals surface area contributed by atoms with Crippen LogP contribution in [0.25, 0.3) is 5.76 Å². The molecule has 1 aliphatic heterocycles. The first kappa shape index (κ1) is 19.8. The van der Waals surface area contributed by atoms with E-state index >= 15 is 0 Å². The molecule has 3 heterocycles. The van der Waals surface area contributed by atoms with Crippen LogP contribution in [-0.4, -0.2) is 33.8 Å². The van der Waals surface area contributed by atoms with Crippen LogP contribution in [0.4, 0.5) is 4.39 Å². The van der Waals surface area contributed by atoms with E-state index in [2.05, 4.69) is 4.98 Å². The number of methoxy groups -OCH3 is 1. The van der Waals surface area contributed by atoms with Crippen LogP contribution in [0.2, 0.25) is 0 Å². The van der Waals surface area contributed by atoms with E-state index in [1.54, 1.807) is 36.7 Å². The molecule has 4 rings (SSSR count). The number of thiophene rings is 1. The summed E-state index contributed by atoms with van der Waals surface area (Å²) in [5, 5.41) is 12.8. The molecule has 0 unspecified atom stereocenters. The van der Waals surface area contributed by atoms with Gasteiger partial charge in [0.15, 0.2) is 0 Å². The quantitative estimate of drug-likeness (QED) is 0.382. The maximum absolute atomic E-state index is 13.9. The number of aliphatic hydroxyl groups is 1. The van der Waals surface area contributed by atoms with Crippen LogP contribution in [0, 0.1) is 5.82 Å². The summed E-state index contributed by atoms with van der Waals surface area (Å²) in [4.78, 5) is 32.0. The Hall–Kier alpha value is -3.52. The highest BCUT2D eigenvalue weighted by Gasteiger charge is 2.46. The predicted octanol–water partition coefficient (Wildman–Crippen LogP) is 3.91. The second kappa shape index (κ2) is 8.08. The van der Waals surface area contributed by atoms with E-state index in [0.717, 1.165) is 11.6 Å². The Morgan fingerprint density at radius 1 is 1.27 bits per heavy atom. The molecule has 1 aliphatic rings. The zero-order chi connectivity index (χ0) is 21.3. The van der Waals surface area contributed by atoms with Gasteiger partial charge in [0.05, 0.1) is 24.3 Å². The Morgan fingerprint density at radius 2 is 2.10 bits per heavy atom. The molecule has 0 radical (unpaired) electrons. The van der Waals surface area contributed by atoms with Crippen molar-refractivity contribution in [3.63, 3.8) is 0 Å². The number of benzene rings is 1. The normalized spacial score (nSPS) is 18.1. The molecule has 152 valence electrons. The number of aliphatic hydroxyl groups excluding tert-OH is 1. The molecule has 1 fully saturated rings. The summed E-state index contributed by atoms with van der Waals surface area (Å²) < 4.78 is 19.1. The summed E-state index contributed by atoms with van der Waals surface area (Å²) in [7, 11) is 1.38. The third-order valence-corrected chi connectivity index (χ3v) is 5.77. The van der Waals surface area contributed by atoms with Gasteiger partial charge in [0.1, 0.15) is 17.3 Å². The lowest BCUT2D eigenvalue weighted by atomic mass is 9.99. The first-order valence-electron chi connectivity index (χ1n) is 9.06. The molecule has 1 amide bonds. The Kier molecular flexibility index (Phi) is 5.33. The van der Waals surface area contributed by atoms with Crippen molar-refractivity contribution in [2.24, 2.45) is 0 Å². The number of rotatable bonds is 5. The molecule has 8 heteroatoms. The molecule has 1 aromatic carbocycles. The average Bonchev–Trinajstić information content (AvgIpc) is 3.37. The number of ether oxygens (including phenoxy) is 1. The maximum Gasteiger partial charge on any atom is 0.295 e. The monoisotopic (exact) mass is 424 g/mol. The van der Waals surface area contributed by atoms with Gasteiger partial charge >= 0.3 is 0 Å². The van der Waals surface area contributed by atoms with Gasteiger partial charge in [-0.1, -0.05) is 12.1 Å². The Labute approximate surface area is 175 Å². The summed E-state index contributed by atoms with van der Waals surface area (Å²) in [6.45, 7) is 0.137. The van der Waals surface area contributed by atoms with Gasteiger partial charge in [-0.2, -0.15) is 0 Å². The SMILES string of the molecule is COc1ccc(F)cc1C(O)=C1C(=O)C(=O)N(Cc2cccnc2)[C@@H]1c1cccs1. The number of carbonyl (C=O) groups excluding carboxylic acids is 2. The van der Waals surface area contributed by atoms with Crippen molar-refractivity contribution >= 4 is 28.8 Å². The Morgan fingerprint density at radius 3 is 2.77 bits per heavy atom. The van der Waals surface area contributed by atoms with Crippen molar-refractivity contribution < 1.29 is 23.8 Å². The Balaban J connectivity index is 1.88. The first-order valence-corrected chi connectivity index (χ1v) is 9.94. The summed E-state index contributed by atoms with van der Waals surface area (Å²) in [6, 6.07) is 9.94. The molecule has 1 atom stereocenters. The van der Waals surface area contributed by atoms with Gasteiger partial charge < -0.3 is 14.7 Å². The van der Waals surface area contributed by atoms with Gasteiger partial charge in [0.2, 0.25) is 0 Å². The highest BCUT2D eigenvalue weighted by molar-refractivity contribution is 7.10. The average molecular weight is 424 g/mol. The van der Waals surface area contributed by atoms with E-state index in [0.29, 0.717) is 4.88 Å². The second-order valence-corrected chi connectivity index (χ2v) is 7.63. The lowest BCUT2D eigenvalue weighted by Crippen LogP contribution is -2.28. The molecule has 0 bridgehead atoms. The number of nitrogens with zero attached hydrogens (tertiary/aromatic N) is 2. The number of hydrogen-bond donors (Lipinski definition) is 1. The van der Waals surface area contributed by atoms with E-state index in [-0.39, 0.29) is 23.4 Å². The standard InChI is InChI=1S/C22H17FN2O4S/c1-29-16-7-6-14(23)10-15(16)20(26)18-19(17-5-3-9-30-17)25(22(28)21(18)27)12-13-4-2-8-24-11-13/h2-11,19,26H,12H2,1H3/t19-/m1/s1. The van der Waals surface area contributed by atoms with Crippen LogP contribution in [0.5, 0.6) is 5.75 Å². The van der Waals surface area contributed by atoms with Crippen LogP contribution in [-0.2, 0) is 16.1 Å². The second-order valence-electron chi connectivity index (χ2n) is 6.65. The largest absolute Gasteiger partial charge is 0.507 e. The number of aromatic nitrogens is 1. The van der Waals surface area contributed by atoms with Crippen LogP contribution in [0.3, 0.4) is 0 Å². The van der Waals surface area contributed by atoms with Crippen molar-refractivity contribution in [1.29, 1.82) is 0 Å². The number of ketones is 1. The third-order valence-electron chi connectivity index (χ3n) is 4.84. The fourth-order valence-electron chi connectivity index (χ4n) is 3.48. The lowest BCUT2D eigenvalue weighted by Gasteiger charge is -2.24. The lowest BCUT2D eigenvalue weighted by molar-refractivity contribution is -0.140. The summed E-state index contributed by atoms with van der Waals surface area (Å²) >= 11 is 1.36. The molecule has 6 nitrogen and oxygen atoms in total. The van der Waals surface area contributed by atoms with Gasteiger partial charge in [0.25, 0.3) is 11.7 Å². The van der Waals surface area contributed by atoms with Gasteiger partial charge in [0, 0.05) is 23.8 Å². The summed E-state index contributed by atoms with van der Waals surface area (Å²) in [6.07, 6.45) is 3.23. The van der Waals surface area contributed by atoms with Crippen molar-refractivity contribution in [1.82, 2.24) is 9.88 Å². The van der Waals surface area contributed by atoms with E-state index in [1.807, 2.05) is 5.38 Å². The van der Waals surface area contributed by atoms with Crippen LogP contribution in [0.1, 0.15) is 22.0 Å². The molecule has 1 saturated heterocycles. The minimum atomic E-state index is -0.832. The van der Waals surface area contributed by atoms with Crippen LogP contribution >= 0.6 is 11.3 Å². The zero-order valence-electron chi connectivity index (χ0n) is 15.9. The van der Waals surface area contributed by atoms with Crippen molar-refractivity contribution in [3.8, 4) is 5.75 Å². The summed E-state index contributed by atoms with van der Waals surface area (Å²) in [5.41, 5.74) is 0.651. The number of carbonyl (C=O) groups is 2. The van der Waals surface area contributed by atoms with Crippen LogP contribution < -0.4 is 4.74 Å². The number of pyridine rings is 1. The number of amides is 1. The minimum Gasteiger partial charge on any atom is -0.507 e. The van der Waals surface area contributed by atoms with E-state index in [4.69, 9.17) is 4.74 Å². The molecule has 0 spiro atoms. The fraction of sp³-hybridized carbons (Fsp3) is 0.136. The topological polar surface area (TPSA) is 79.7 Å².